The molecule has 0 aliphatic rings. The molecule has 0 aromatic carbocycles. The van der Waals surface area contributed by atoms with E-state index < -0.39 is 5.60 Å². The highest BCUT2D eigenvalue weighted by Gasteiger charge is 2.14. The number of allylic oxidation sites excluding steroid dienone is 1. The fourth-order valence-electron chi connectivity index (χ4n) is 1.26. The van der Waals surface area contributed by atoms with Crippen LogP contribution in [0, 0.1) is 0 Å². The lowest BCUT2D eigenvalue weighted by Crippen LogP contribution is -2.22. The Labute approximate surface area is 93.7 Å². The second-order valence-corrected chi connectivity index (χ2v) is 4.98. The van der Waals surface area contributed by atoms with Crippen molar-refractivity contribution >= 4 is 5.97 Å². The van der Waals surface area contributed by atoms with Crippen LogP contribution < -0.4 is 0 Å². The van der Waals surface area contributed by atoms with E-state index in [9.17, 15) is 4.79 Å². The summed E-state index contributed by atoms with van der Waals surface area (Å²) in [6, 6.07) is 0. The summed E-state index contributed by atoms with van der Waals surface area (Å²) in [5, 5.41) is 0. The lowest BCUT2D eigenvalue weighted by Gasteiger charge is -2.18. The number of rotatable bonds is 5. The van der Waals surface area contributed by atoms with Gasteiger partial charge in [0.15, 0.2) is 0 Å². The van der Waals surface area contributed by atoms with Gasteiger partial charge >= 0.3 is 5.97 Å². The molecule has 0 bridgehead atoms. The first kappa shape index (κ1) is 14.2. The Morgan fingerprint density at radius 3 is 2.33 bits per heavy atom. The average molecular weight is 212 g/mol. The zero-order valence-electron chi connectivity index (χ0n) is 10.7. The van der Waals surface area contributed by atoms with E-state index in [1.807, 2.05) is 27.7 Å². The SMILES string of the molecule is CCCCC/C(C)=C/C(=O)OC(C)(C)C. The predicted molar refractivity (Wildman–Crippen MR) is 63.7 cm³/mol. The molecule has 0 aromatic heterocycles. The summed E-state index contributed by atoms with van der Waals surface area (Å²) in [5.41, 5.74) is 0.717. The Balaban J connectivity index is 3.96. The molecule has 0 spiro atoms. The summed E-state index contributed by atoms with van der Waals surface area (Å²) in [7, 11) is 0. The van der Waals surface area contributed by atoms with Gasteiger partial charge in [-0.1, -0.05) is 25.3 Å². The third-order valence-electron chi connectivity index (χ3n) is 1.95. The molecule has 15 heavy (non-hydrogen) atoms. The molecular weight excluding hydrogens is 188 g/mol. The van der Waals surface area contributed by atoms with Crippen molar-refractivity contribution in [1.29, 1.82) is 0 Å². The van der Waals surface area contributed by atoms with Crippen LogP contribution in [0.25, 0.3) is 0 Å². The van der Waals surface area contributed by atoms with E-state index in [4.69, 9.17) is 4.74 Å². The van der Waals surface area contributed by atoms with Crippen molar-refractivity contribution in [2.45, 2.75) is 65.9 Å². The van der Waals surface area contributed by atoms with Crippen molar-refractivity contribution in [1.82, 2.24) is 0 Å². The Hall–Kier alpha value is -0.790. The van der Waals surface area contributed by atoms with Crippen LogP contribution in [0.1, 0.15) is 60.3 Å². The molecule has 0 radical (unpaired) electrons. The summed E-state index contributed by atoms with van der Waals surface area (Å²) < 4.78 is 5.20. The third-order valence-corrected chi connectivity index (χ3v) is 1.95. The van der Waals surface area contributed by atoms with E-state index >= 15 is 0 Å². The molecule has 0 aliphatic carbocycles. The number of esters is 1. The fourth-order valence-corrected chi connectivity index (χ4v) is 1.26. The number of carbonyl (C=O) groups is 1. The predicted octanol–water partition coefficient (Wildman–Crippen LogP) is 3.85. The molecular formula is C13H24O2. The number of carbonyl (C=O) groups excluding carboxylic acids is 1. The summed E-state index contributed by atoms with van der Waals surface area (Å²) in [6.07, 6.45) is 6.19. The fraction of sp³-hybridized carbons (Fsp3) is 0.769. The molecule has 0 heterocycles. The summed E-state index contributed by atoms with van der Waals surface area (Å²) in [4.78, 5) is 11.4. The van der Waals surface area contributed by atoms with Gasteiger partial charge in [-0.3, -0.25) is 0 Å². The minimum atomic E-state index is -0.392. The second kappa shape index (κ2) is 6.65. The maximum Gasteiger partial charge on any atom is 0.331 e. The first-order valence-corrected chi connectivity index (χ1v) is 5.75. The molecule has 0 unspecified atom stereocenters. The van der Waals surface area contributed by atoms with Crippen LogP contribution in [0.3, 0.4) is 0 Å². The van der Waals surface area contributed by atoms with Gasteiger partial charge < -0.3 is 4.74 Å². The first-order chi connectivity index (χ1) is 6.85. The highest BCUT2D eigenvalue weighted by molar-refractivity contribution is 5.83. The minimum Gasteiger partial charge on any atom is -0.457 e. The Bertz CT molecular complexity index is 221. The van der Waals surface area contributed by atoms with Crippen molar-refractivity contribution in [3.63, 3.8) is 0 Å². The van der Waals surface area contributed by atoms with Gasteiger partial charge in [0.2, 0.25) is 0 Å². The number of hydrogen-bond donors (Lipinski definition) is 0. The summed E-state index contributed by atoms with van der Waals surface area (Å²) in [5.74, 6) is -0.225. The van der Waals surface area contributed by atoms with Crippen LogP contribution in [0.4, 0.5) is 0 Å². The van der Waals surface area contributed by atoms with E-state index in [-0.39, 0.29) is 5.97 Å². The number of ether oxygens (including phenoxy) is 1. The Morgan fingerprint density at radius 1 is 1.27 bits per heavy atom. The molecule has 0 aliphatic heterocycles. The molecule has 0 N–H and O–H groups in total. The zero-order chi connectivity index (χ0) is 11.9. The van der Waals surface area contributed by atoms with Crippen molar-refractivity contribution in [2.24, 2.45) is 0 Å². The number of unbranched alkanes of at least 4 members (excludes halogenated alkanes) is 2. The quantitative estimate of drug-likeness (QED) is 0.393. The highest BCUT2D eigenvalue weighted by Crippen LogP contribution is 2.11. The minimum absolute atomic E-state index is 0.225. The van der Waals surface area contributed by atoms with Crippen LogP contribution in [0.5, 0.6) is 0 Å². The summed E-state index contributed by atoms with van der Waals surface area (Å²) in [6.45, 7) is 9.80. The van der Waals surface area contributed by atoms with Crippen LogP contribution in [-0.4, -0.2) is 11.6 Å². The molecule has 0 aromatic rings. The molecule has 0 saturated heterocycles. The van der Waals surface area contributed by atoms with Crippen LogP contribution in [-0.2, 0) is 9.53 Å². The topological polar surface area (TPSA) is 26.3 Å². The lowest BCUT2D eigenvalue weighted by molar-refractivity contribution is -0.148. The van der Waals surface area contributed by atoms with E-state index in [2.05, 4.69) is 6.92 Å². The molecule has 0 amide bonds. The van der Waals surface area contributed by atoms with Crippen molar-refractivity contribution < 1.29 is 9.53 Å². The van der Waals surface area contributed by atoms with Gasteiger partial charge in [0, 0.05) is 6.08 Å². The number of hydrogen-bond acceptors (Lipinski definition) is 2. The van der Waals surface area contributed by atoms with Crippen LogP contribution in [0.15, 0.2) is 11.6 Å². The third kappa shape index (κ3) is 9.51. The second-order valence-electron chi connectivity index (χ2n) is 4.98. The highest BCUT2D eigenvalue weighted by atomic mass is 16.6. The van der Waals surface area contributed by atoms with E-state index in [0.29, 0.717) is 0 Å². The normalized spacial score (nSPS) is 12.7. The van der Waals surface area contributed by atoms with E-state index in [1.54, 1.807) is 6.08 Å². The van der Waals surface area contributed by atoms with Gasteiger partial charge in [0.1, 0.15) is 5.60 Å². The van der Waals surface area contributed by atoms with Gasteiger partial charge in [-0.05, 0) is 40.5 Å². The standard InChI is InChI=1S/C13H24O2/c1-6-7-8-9-11(2)10-12(14)15-13(3,4)5/h10H,6-9H2,1-5H3/b11-10+. The smallest absolute Gasteiger partial charge is 0.331 e. The Kier molecular flexibility index (Phi) is 6.30. The van der Waals surface area contributed by atoms with E-state index in [1.165, 1.54) is 12.8 Å². The van der Waals surface area contributed by atoms with Gasteiger partial charge in [-0.15, -0.1) is 0 Å². The van der Waals surface area contributed by atoms with Crippen molar-refractivity contribution in [3.8, 4) is 0 Å². The maximum absolute atomic E-state index is 11.4. The Morgan fingerprint density at radius 2 is 1.87 bits per heavy atom. The molecule has 2 heteroatoms. The average Bonchev–Trinajstić information content (AvgIpc) is 2.00. The first-order valence-electron chi connectivity index (χ1n) is 5.75. The van der Waals surface area contributed by atoms with Gasteiger partial charge in [-0.25, -0.2) is 4.79 Å². The molecule has 2 nitrogen and oxygen atoms in total. The monoisotopic (exact) mass is 212 g/mol. The molecule has 0 saturated carbocycles. The molecule has 0 rings (SSSR count). The maximum atomic E-state index is 11.4. The summed E-state index contributed by atoms with van der Waals surface area (Å²) >= 11 is 0. The van der Waals surface area contributed by atoms with Gasteiger partial charge in [0.05, 0.1) is 0 Å². The molecule has 0 fully saturated rings. The van der Waals surface area contributed by atoms with Gasteiger partial charge in [-0.2, -0.15) is 0 Å². The van der Waals surface area contributed by atoms with Crippen LogP contribution >= 0.6 is 0 Å². The molecule has 0 atom stereocenters. The van der Waals surface area contributed by atoms with Crippen molar-refractivity contribution in [2.75, 3.05) is 0 Å². The zero-order valence-corrected chi connectivity index (χ0v) is 10.7. The molecule has 88 valence electrons. The van der Waals surface area contributed by atoms with Crippen LogP contribution in [0.2, 0.25) is 0 Å². The van der Waals surface area contributed by atoms with Crippen molar-refractivity contribution in [3.05, 3.63) is 11.6 Å². The largest absolute Gasteiger partial charge is 0.457 e. The van der Waals surface area contributed by atoms with E-state index in [0.717, 1.165) is 18.4 Å². The lowest BCUT2D eigenvalue weighted by atomic mass is 10.1. The van der Waals surface area contributed by atoms with Gasteiger partial charge in [0.25, 0.3) is 0 Å².